The molecule has 0 spiro atoms. The minimum atomic E-state index is -0.350. The summed E-state index contributed by atoms with van der Waals surface area (Å²) in [6, 6.07) is 4.46. The van der Waals surface area contributed by atoms with Gasteiger partial charge in [-0.15, -0.1) is 0 Å². The van der Waals surface area contributed by atoms with Gasteiger partial charge in [-0.3, -0.25) is 14.3 Å². The van der Waals surface area contributed by atoms with Gasteiger partial charge in [0.2, 0.25) is 0 Å². The molecule has 5 rings (SSSR count). The smallest absolute Gasteiger partial charge is 0.276 e. The zero-order chi connectivity index (χ0) is 24.0. The Morgan fingerprint density at radius 2 is 2.12 bits per heavy atom. The number of halogens is 1. The molecule has 1 fully saturated rings. The van der Waals surface area contributed by atoms with E-state index in [4.69, 9.17) is 9.15 Å². The third kappa shape index (κ3) is 4.05. The minimum absolute atomic E-state index is 0.0222. The minimum Gasteiger partial charge on any atom is -0.489 e. The topological polar surface area (TPSA) is 102 Å². The van der Waals surface area contributed by atoms with Crippen molar-refractivity contribution < 1.29 is 23.1 Å². The molecule has 11 heteroatoms. The molecule has 2 aliphatic rings. The van der Waals surface area contributed by atoms with Crippen molar-refractivity contribution in [1.82, 2.24) is 19.2 Å². The number of hydrogen-bond donors (Lipinski definition) is 2. The Bertz CT molecular complexity index is 1270. The third-order valence-corrected chi connectivity index (χ3v) is 7.10. The summed E-state index contributed by atoms with van der Waals surface area (Å²) >= 11 is 1.38. The number of nitrogens with zero attached hydrogens (tertiary/aromatic N) is 3. The lowest BCUT2D eigenvalue weighted by Crippen LogP contribution is -2.36. The van der Waals surface area contributed by atoms with Crippen LogP contribution in [-0.2, 0) is 7.05 Å². The van der Waals surface area contributed by atoms with Crippen LogP contribution in [0, 0.1) is 25.6 Å². The fourth-order valence-electron chi connectivity index (χ4n) is 4.29. The molecule has 34 heavy (non-hydrogen) atoms. The number of anilines is 1. The molecule has 2 atom stereocenters. The first kappa shape index (κ1) is 22.5. The largest absolute Gasteiger partial charge is 0.489 e. The number of fused-ring (bicyclic) bond motifs is 2. The summed E-state index contributed by atoms with van der Waals surface area (Å²) in [5.41, 5.74) is 1.64. The summed E-state index contributed by atoms with van der Waals surface area (Å²) in [6.45, 7) is 4.72. The first-order chi connectivity index (χ1) is 16.3. The number of carbonyl (C=O) groups is 2. The highest BCUT2D eigenvalue weighted by Crippen LogP contribution is 2.37. The second-order valence-corrected chi connectivity index (χ2v) is 9.44. The van der Waals surface area contributed by atoms with Gasteiger partial charge in [-0.1, -0.05) is 0 Å². The van der Waals surface area contributed by atoms with E-state index in [1.54, 1.807) is 36.4 Å². The van der Waals surface area contributed by atoms with E-state index in [1.807, 2.05) is 6.20 Å². The van der Waals surface area contributed by atoms with Crippen LogP contribution in [0.25, 0.3) is 0 Å². The van der Waals surface area contributed by atoms with Crippen molar-refractivity contribution in [2.24, 2.45) is 13.0 Å². The SMILES string of the molecule is Cc1cc(NC(=O)c2c3c(cn2C)SNC2CN(C(=O)c4ncoc4C)CC2CO3)ccc1F. The molecule has 0 bridgehead atoms. The van der Waals surface area contributed by atoms with Gasteiger partial charge in [-0.2, -0.15) is 0 Å². The Morgan fingerprint density at radius 3 is 2.85 bits per heavy atom. The van der Waals surface area contributed by atoms with Crippen LogP contribution < -0.4 is 14.8 Å². The van der Waals surface area contributed by atoms with Crippen LogP contribution in [0.2, 0.25) is 0 Å². The molecular weight excluding hydrogens is 461 g/mol. The molecule has 4 heterocycles. The fraction of sp³-hybridized carbons (Fsp3) is 0.348. The Morgan fingerprint density at radius 1 is 1.29 bits per heavy atom. The molecule has 0 radical (unpaired) electrons. The second-order valence-electron chi connectivity index (χ2n) is 8.56. The summed E-state index contributed by atoms with van der Waals surface area (Å²) in [4.78, 5) is 32.5. The van der Waals surface area contributed by atoms with Crippen molar-refractivity contribution in [3.8, 4) is 5.75 Å². The van der Waals surface area contributed by atoms with Crippen molar-refractivity contribution in [1.29, 1.82) is 0 Å². The monoisotopic (exact) mass is 485 g/mol. The maximum Gasteiger partial charge on any atom is 0.276 e. The highest BCUT2D eigenvalue weighted by Gasteiger charge is 2.39. The number of likely N-dealkylation sites (tertiary alicyclic amines) is 1. The lowest BCUT2D eigenvalue weighted by molar-refractivity contribution is 0.0775. The number of carbonyl (C=O) groups excluding carboxylic acids is 2. The predicted molar refractivity (Wildman–Crippen MR) is 123 cm³/mol. The summed E-state index contributed by atoms with van der Waals surface area (Å²) in [5.74, 6) is 0.160. The number of hydrogen-bond acceptors (Lipinski definition) is 7. The van der Waals surface area contributed by atoms with Crippen LogP contribution in [0.5, 0.6) is 5.75 Å². The molecule has 1 saturated heterocycles. The molecule has 2 N–H and O–H groups in total. The first-order valence-corrected chi connectivity index (χ1v) is 11.6. The van der Waals surface area contributed by atoms with Gasteiger partial charge in [-0.05, 0) is 49.6 Å². The Balaban J connectivity index is 1.32. The van der Waals surface area contributed by atoms with Gasteiger partial charge >= 0.3 is 0 Å². The van der Waals surface area contributed by atoms with E-state index in [-0.39, 0.29) is 29.6 Å². The molecule has 0 saturated carbocycles. The molecule has 2 aromatic heterocycles. The van der Waals surface area contributed by atoms with E-state index >= 15 is 0 Å². The molecule has 2 aliphatic heterocycles. The van der Waals surface area contributed by atoms with E-state index in [2.05, 4.69) is 15.0 Å². The first-order valence-electron chi connectivity index (χ1n) is 10.8. The molecule has 2 amide bonds. The molecule has 0 aliphatic carbocycles. The highest BCUT2D eigenvalue weighted by atomic mass is 32.2. The maximum absolute atomic E-state index is 13.6. The standard InChI is InChI=1S/C23H24FN5O4S/c1-12-6-15(4-5-16(12)24)26-22(30)20-21-18(9-28(20)3)34-27-17-8-29(7-14(17)10-32-21)23(31)19-13(2)33-11-25-19/h4-6,9,11,14,17,27H,7-8,10H2,1-3H3,(H,26,30). The van der Waals surface area contributed by atoms with Crippen LogP contribution in [0.15, 0.2) is 40.1 Å². The molecule has 178 valence electrons. The number of benzene rings is 1. The van der Waals surface area contributed by atoms with Gasteiger partial charge in [0.05, 0.1) is 11.5 Å². The van der Waals surface area contributed by atoms with Crippen molar-refractivity contribution in [3.05, 3.63) is 59.3 Å². The average Bonchev–Trinajstić information content (AvgIpc) is 3.48. The van der Waals surface area contributed by atoms with Crippen molar-refractivity contribution in [2.45, 2.75) is 24.8 Å². The number of amides is 2. The average molecular weight is 486 g/mol. The van der Waals surface area contributed by atoms with Crippen LogP contribution in [0.1, 0.15) is 32.3 Å². The molecule has 3 aromatic rings. The summed E-state index contributed by atoms with van der Waals surface area (Å²) in [6.07, 6.45) is 3.10. The van der Waals surface area contributed by atoms with Crippen LogP contribution >= 0.6 is 11.9 Å². The van der Waals surface area contributed by atoms with Gasteiger partial charge in [0.15, 0.2) is 23.5 Å². The normalized spacial score (nSPS) is 19.6. The number of ether oxygens (including phenoxy) is 1. The number of rotatable bonds is 3. The molecular formula is C23H24FN5O4S. The molecule has 9 nitrogen and oxygen atoms in total. The van der Waals surface area contributed by atoms with E-state index < -0.39 is 0 Å². The number of nitrogens with one attached hydrogen (secondary N) is 2. The number of oxazole rings is 1. The maximum atomic E-state index is 13.6. The van der Waals surface area contributed by atoms with Crippen molar-refractivity contribution >= 4 is 29.4 Å². The second kappa shape index (κ2) is 8.80. The number of aryl methyl sites for hydroxylation is 3. The Hall–Kier alpha value is -3.31. The van der Waals surface area contributed by atoms with E-state index in [1.165, 1.54) is 30.5 Å². The van der Waals surface area contributed by atoms with E-state index in [9.17, 15) is 14.0 Å². The van der Waals surface area contributed by atoms with Gasteiger partial charge in [0, 0.05) is 44.0 Å². The van der Waals surface area contributed by atoms with E-state index in [0.29, 0.717) is 53.8 Å². The van der Waals surface area contributed by atoms with Gasteiger partial charge < -0.3 is 23.9 Å². The van der Waals surface area contributed by atoms with Crippen LogP contribution in [0.4, 0.5) is 10.1 Å². The summed E-state index contributed by atoms with van der Waals surface area (Å²) in [7, 11) is 1.78. The molecule has 1 aromatic carbocycles. The lowest BCUT2D eigenvalue weighted by atomic mass is 10.1. The van der Waals surface area contributed by atoms with Gasteiger partial charge in [0.25, 0.3) is 11.8 Å². The zero-order valence-corrected chi connectivity index (χ0v) is 19.7. The van der Waals surface area contributed by atoms with Crippen LogP contribution in [0.3, 0.4) is 0 Å². The van der Waals surface area contributed by atoms with Gasteiger partial charge in [-0.25, -0.2) is 9.37 Å². The van der Waals surface area contributed by atoms with Gasteiger partial charge in [0.1, 0.15) is 11.6 Å². The summed E-state index contributed by atoms with van der Waals surface area (Å²) in [5, 5.41) is 2.82. The zero-order valence-electron chi connectivity index (χ0n) is 18.9. The predicted octanol–water partition coefficient (Wildman–Crippen LogP) is 3.15. The van der Waals surface area contributed by atoms with Crippen LogP contribution in [-0.4, -0.2) is 52.0 Å². The quantitative estimate of drug-likeness (QED) is 0.550. The van der Waals surface area contributed by atoms with Crippen molar-refractivity contribution in [2.75, 3.05) is 25.0 Å². The fourth-order valence-corrected chi connectivity index (χ4v) is 5.30. The summed E-state index contributed by atoms with van der Waals surface area (Å²) < 4.78 is 30.1. The lowest BCUT2D eigenvalue weighted by Gasteiger charge is -2.23. The highest BCUT2D eigenvalue weighted by molar-refractivity contribution is 7.97. The Labute approximate surface area is 199 Å². The molecule has 2 unspecified atom stereocenters. The van der Waals surface area contributed by atoms with Crippen molar-refractivity contribution in [3.63, 3.8) is 0 Å². The van der Waals surface area contributed by atoms with E-state index in [0.717, 1.165) is 4.90 Å². The number of aromatic nitrogens is 2. The third-order valence-electron chi connectivity index (χ3n) is 6.17. The Kier molecular flexibility index (Phi) is 5.82.